The number of thiophene rings is 1. The van der Waals surface area contributed by atoms with Crippen molar-refractivity contribution in [3.8, 4) is 11.1 Å². The zero-order valence-corrected chi connectivity index (χ0v) is 14.2. The van der Waals surface area contributed by atoms with Crippen LogP contribution in [0.15, 0.2) is 60.0 Å². The maximum Gasteiger partial charge on any atom is 0.337 e. The number of primary amides is 1. The summed E-state index contributed by atoms with van der Waals surface area (Å²) in [5.74, 6) is -2.50. The molecule has 1 heterocycles. The van der Waals surface area contributed by atoms with Crippen molar-refractivity contribution in [1.82, 2.24) is 0 Å². The molecule has 0 aliphatic carbocycles. The Kier molecular flexibility index (Phi) is 4.81. The Morgan fingerprint density at radius 2 is 1.65 bits per heavy atom. The largest absolute Gasteiger partial charge is 0.478 e. The average molecular weight is 366 g/mol. The van der Waals surface area contributed by atoms with Gasteiger partial charge in [0.2, 0.25) is 0 Å². The van der Waals surface area contributed by atoms with Gasteiger partial charge in [-0.05, 0) is 28.6 Å². The first-order chi connectivity index (χ1) is 12.5. The molecule has 3 aromatic rings. The van der Waals surface area contributed by atoms with Gasteiger partial charge < -0.3 is 16.2 Å². The summed E-state index contributed by atoms with van der Waals surface area (Å²) in [4.78, 5) is 35.9. The van der Waals surface area contributed by atoms with Crippen LogP contribution in [0.25, 0.3) is 11.1 Å². The van der Waals surface area contributed by atoms with Crippen LogP contribution in [0.3, 0.4) is 0 Å². The van der Waals surface area contributed by atoms with Crippen molar-refractivity contribution in [2.45, 2.75) is 0 Å². The number of aromatic carboxylic acids is 1. The van der Waals surface area contributed by atoms with E-state index in [1.807, 2.05) is 6.07 Å². The van der Waals surface area contributed by atoms with Crippen LogP contribution >= 0.6 is 11.3 Å². The van der Waals surface area contributed by atoms with Gasteiger partial charge >= 0.3 is 5.97 Å². The molecule has 0 saturated carbocycles. The predicted molar refractivity (Wildman–Crippen MR) is 99.6 cm³/mol. The third-order valence-electron chi connectivity index (χ3n) is 3.77. The maximum absolute atomic E-state index is 12.7. The highest BCUT2D eigenvalue weighted by Gasteiger charge is 2.22. The number of nitrogens with one attached hydrogen (secondary N) is 1. The third-order valence-corrected chi connectivity index (χ3v) is 4.60. The molecule has 0 aliphatic rings. The monoisotopic (exact) mass is 366 g/mol. The van der Waals surface area contributed by atoms with Crippen molar-refractivity contribution in [3.05, 3.63) is 76.7 Å². The van der Waals surface area contributed by atoms with Gasteiger partial charge in [-0.25, -0.2) is 4.79 Å². The Bertz CT molecular complexity index is 996. The number of nitrogens with two attached hydrogens (primary N) is 1. The van der Waals surface area contributed by atoms with E-state index >= 15 is 0 Å². The van der Waals surface area contributed by atoms with E-state index in [1.54, 1.807) is 41.8 Å². The van der Waals surface area contributed by atoms with Crippen molar-refractivity contribution < 1.29 is 19.5 Å². The summed E-state index contributed by atoms with van der Waals surface area (Å²) in [5.41, 5.74) is 6.48. The molecule has 6 nitrogen and oxygen atoms in total. The summed E-state index contributed by atoms with van der Waals surface area (Å²) < 4.78 is 0. The Labute approximate surface area is 152 Å². The third kappa shape index (κ3) is 3.33. The number of hydrogen-bond acceptors (Lipinski definition) is 4. The number of amides is 2. The van der Waals surface area contributed by atoms with Crippen LogP contribution < -0.4 is 11.1 Å². The maximum atomic E-state index is 12.7. The minimum absolute atomic E-state index is 0.00248. The number of rotatable bonds is 5. The fourth-order valence-corrected chi connectivity index (χ4v) is 3.39. The van der Waals surface area contributed by atoms with Gasteiger partial charge in [0, 0.05) is 0 Å². The van der Waals surface area contributed by atoms with E-state index in [4.69, 9.17) is 5.73 Å². The van der Waals surface area contributed by atoms with E-state index in [1.165, 1.54) is 12.1 Å². The standard InChI is InChI=1S/C19H14N2O4S/c20-16(22)14-9-10-26-18(14)21-17(23)13-8-4-7-12(15(13)19(24)25)11-5-2-1-3-6-11/h1-10H,(H2,20,22)(H,21,23)(H,24,25). The van der Waals surface area contributed by atoms with Crippen molar-refractivity contribution >= 4 is 34.1 Å². The van der Waals surface area contributed by atoms with Crippen molar-refractivity contribution in [2.75, 3.05) is 5.32 Å². The number of carbonyl (C=O) groups is 3. The molecular formula is C19H14N2O4S. The molecule has 26 heavy (non-hydrogen) atoms. The first-order valence-corrected chi connectivity index (χ1v) is 8.47. The Morgan fingerprint density at radius 3 is 2.31 bits per heavy atom. The lowest BCUT2D eigenvalue weighted by molar-refractivity contribution is 0.0693. The predicted octanol–water partition coefficient (Wildman–Crippen LogP) is 3.46. The summed E-state index contributed by atoms with van der Waals surface area (Å²) in [6, 6.07) is 15.1. The molecule has 2 aromatic carbocycles. The lowest BCUT2D eigenvalue weighted by Crippen LogP contribution is -2.19. The first-order valence-electron chi connectivity index (χ1n) is 7.59. The molecule has 2 amide bonds. The molecule has 0 unspecified atom stereocenters. The normalized spacial score (nSPS) is 10.3. The Hall–Kier alpha value is -3.45. The Balaban J connectivity index is 2.05. The van der Waals surface area contributed by atoms with Crippen LogP contribution in [0, 0.1) is 0 Å². The van der Waals surface area contributed by atoms with Gasteiger partial charge in [-0.15, -0.1) is 11.3 Å². The highest BCUT2D eigenvalue weighted by molar-refractivity contribution is 7.14. The summed E-state index contributed by atoms with van der Waals surface area (Å²) in [6.45, 7) is 0. The number of carboxylic acid groups (broad SMARTS) is 1. The van der Waals surface area contributed by atoms with Crippen LogP contribution in [-0.4, -0.2) is 22.9 Å². The van der Waals surface area contributed by atoms with Crippen LogP contribution in [0.1, 0.15) is 31.1 Å². The van der Waals surface area contributed by atoms with Gasteiger partial charge in [-0.3, -0.25) is 9.59 Å². The number of hydrogen-bond donors (Lipinski definition) is 3. The molecule has 0 atom stereocenters. The van der Waals surface area contributed by atoms with Crippen LogP contribution in [0.2, 0.25) is 0 Å². The fourth-order valence-electron chi connectivity index (χ4n) is 2.60. The van der Waals surface area contributed by atoms with Crippen molar-refractivity contribution in [1.29, 1.82) is 0 Å². The quantitative estimate of drug-likeness (QED) is 0.642. The van der Waals surface area contributed by atoms with E-state index in [0.717, 1.165) is 11.3 Å². The molecular weight excluding hydrogens is 352 g/mol. The number of carbonyl (C=O) groups excluding carboxylic acids is 2. The smallest absolute Gasteiger partial charge is 0.337 e. The number of carboxylic acids is 1. The molecule has 0 spiro atoms. The molecule has 0 bridgehead atoms. The second-order valence-corrected chi connectivity index (χ2v) is 6.30. The molecule has 0 radical (unpaired) electrons. The first kappa shape index (κ1) is 17.4. The van der Waals surface area contributed by atoms with Gasteiger partial charge in [-0.1, -0.05) is 42.5 Å². The summed E-state index contributed by atoms with van der Waals surface area (Å²) >= 11 is 1.14. The summed E-state index contributed by atoms with van der Waals surface area (Å²) in [6.07, 6.45) is 0. The lowest BCUT2D eigenvalue weighted by atomic mass is 9.95. The van der Waals surface area contributed by atoms with Gasteiger partial charge in [0.05, 0.1) is 16.7 Å². The highest BCUT2D eigenvalue weighted by atomic mass is 32.1. The Morgan fingerprint density at radius 1 is 0.923 bits per heavy atom. The second kappa shape index (κ2) is 7.20. The average Bonchev–Trinajstić information content (AvgIpc) is 3.10. The van der Waals surface area contributed by atoms with Crippen LogP contribution in [0.5, 0.6) is 0 Å². The zero-order chi connectivity index (χ0) is 18.7. The molecule has 130 valence electrons. The number of benzene rings is 2. The molecule has 1 aromatic heterocycles. The van der Waals surface area contributed by atoms with E-state index in [-0.39, 0.29) is 21.7 Å². The fraction of sp³-hybridized carbons (Fsp3) is 0. The van der Waals surface area contributed by atoms with Crippen LogP contribution in [-0.2, 0) is 0 Å². The summed E-state index contributed by atoms with van der Waals surface area (Å²) in [5, 5.41) is 14.2. The molecule has 7 heteroatoms. The minimum Gasteiger partial charge on any atom is -0.478 e. The van der Waals surface area contributed by atoms with E-state index < -0.39 is 17.8 Å². The van der Waals surface area contributed by atoms with Crippen LogP contribution in [0.4, 0.5) is 5.00 Å². The van der Waals surface area contributed by atoms with Gasteiger partial charge in [-0.2, -0.15) is 0 Å². The molecule has 4 N–H and O–H groups in total. The van der Waals surface area contributed by atoms with Gasteiger partial charge in [0.15, 0.2) is 0 Å². The van der Waals surface area contributed by atoms with Gasteiger partial charge in [0.1, 0.15) is 5.00 Å². The number of anilines is 1. The SMILES string of the molecule is NC(=O)c1ccsc1NC(=O)c1cccc(-c2ccccc2)c1C(=O)O. The topological polar surface area (TPSA) is 109 Å². The zero-order valence-electron chi connectivity index (χ0n) is 13.4. The minimum atomic E-state index is -1.21. The summed E-state index contributed by atoms with van der Waals surface area (Å²) in [7, 11) is 0. The van der Waals surface area contributed by atoms with Crippen molar-refractivity contribution in [3.63, 3.8) is 0 Å². The van der Waals surface area contributed by atoms with Gasteiger partial charge in [0.25, 0.3) is 11.8 Å². The molecule has 0 saturated heterocycles. The van der Waals surface area contributed by atoms with E-state index in [2.05, 4.69) is 5.32 Å². The molecule has 0 aliphatic heterocycles. The van der Waals surface area contributed by atoms with E-state index in [9.17, 15) is 19.5 Å². The molecule has 0 fully saturated rings. The van der Waals surface area contributed by atoms with E-state index in [0.29, 0.717) is 11.1 Å². The second-order valence-electron chi connectivity index (χ2n) is 5.38. The van der Waals surface area contributed by atoms with Crippen molar-refractivity contribution in [2.24, 2.45) is 5.73 Å². The lowest BCUT2D eigenvalue weighted by Gasteiger charge is -2.12. The molecule has 3 rings (SSSR count). The highest BCUT2D eigenvalue weighted by Crippen LogP contribution is 2.28.